The Morgan fingerprint density at radius 3 is 2.94 bits per heavy atom. The maximum atomic E-state index is 12.9. The SMILES string of the molecule is Cc1ccc(F)cc1OCCCC/C(N)=N/O. The van der Waals surface area contributed by atoms with Crippen molar-refractivity contribution in [3.05, 3.63) is 29.6 Å². The zero-order valence-electron chi connectivity index (χ0n) is 9.82. The number of hydrogen-bond donors (Lipinski definition) is 2. The van der Waals surface area contributed by atoms with Gasteiger partial charge < -0.3 is 15.7 Å². The lowest BCUT2D eigenvalue weighted by molar-refractivity contribution is 0.302. The fourth-order valence-electron chi connectivity index (χ4n) is 1.37. The number of benzene rings is 1. The quantitative estimate of drug-likeness (QED) is 0.264. The predicted octanol–water partition coefficient (Wildman–Crippen LogP) is 2.43. The molecule has 1 rings (SSSR count). The molecular formula is C12H17FN2O2. The Kier molecular flexibility index (Phi) is 5.26. The average molecular weight is 240 g/mol. The van der Waals surface area contributed by atoms with Crippen molar-refractivity contribution in [3.63, 3.8) is 0 Å². The van der Waals surface area contributed by atoms with Gasteiger partial charge in [-0.25, -0.2) is 4.39 Å². The van der Waals surface area contributed by atoms with E-state index in [9.17, 15) is 4.39 Å². The van der Waals surface area contributed by atoms with Crippen LogP contribution in [0.5, 0.6) is 5.75 Å². The molecule has 0 aliphatic carbocycles. The molecule has 0 heterocycles. The third kappa shape index (κ3) is 4.72. The summed E-state index contributed by atoms with van der Waals surface area (Å²) in [4.78, 5) is 0. The maximum Gasteiger partial charge on any atom is 0.139 e. The molecule has 94 valence electrons. The number of oxime groups is 1. The van der Waals surface area contributed by atoms with Crippen LogP contribution in [0.2, 0.25) is 0 Å². The molecule has 0 fully saturated rings. The van der Waals surface area contributed by atoms with E-state index < -0.39 is 0 Å². The van der Waals surface area contributed by atoms with Crippen LogP contribution in [-0.4, -0.2) is 17.6 Å². The smallest absolute Gasteiger partial charge is 0.139 e. The number of nitrogens with two attached hydrogens (primary N) is 1. The molecule has 0 aliphatic rings. The van der Waals surface area contributed by atoms with Crippen molar-refractivity contribution in [1.29, 1.82) is 0 Å². The van der Waals surface area contributed by atoms with Gasteiger partial charge in [-0.05, 0) is 31.4 Å². The number of hydrogen-bond acceptors (Lipinski definition) is 3. The Morgan fingerprint density at radius 1 is 1.47 bits per heavy atom. The van der Waals surface area contributed by atoms with E-state index in [2.05, 4.69) is 5.16 Å². The van der Waals surface area contributed by atoms with E-state index in [0.29, 0.717) is 18.8 Å². The highest BCUT2D eigenvalue weighted by atomic mass is 19.1. The first-order chi connectivity index (χ1) is 8.13. The number of rotatable bonds is 6. The molecule has 17 heavy (non-hydrogen) atoms. The van der Waals surface area contributed by atoms with Crippen LogP contribution in [0, 0.1) is 12.7 Å². The summed E-state index contributed by atoms with van der Waals surface area (Å²) in [5.41, 5.74) is 6.23. The zero-order valence-corrected chi connectivity index (χ0v) is 9.82. The van der Waals surface area contributed by atoms with Gasteiger partial charge in [-0.2, -0.15) is 0 Å². The van der Waals surface area contributed by atoms with Crippen molar-refractivity contribution >= 4 is 5.84 Å². The summed E-state index contributed by atoms with van der Waals surface area (Å²) in [7, 11) is 0. The zero-order chi connectivity index (χ0) is 12.7. The van der Waals surface area contributed by atoms with Gasteiger partial charge in [-0.3, -0.25) is 0 Å². The number of nitrogens with zero attached hydrogens (tertiary/aromatic N) is 1. The van der Waals surface area contributed by atoms with E-state index in [1.807, 2.05) is 6.92 Å². The molecule has 5 heteroatoms. The van der Waals surface area contributed by atoms with E-state index in [-0.39, 0.29) is 11.7 Å². The number of amidine groups is 1. The first-order valence-electron chi connectivity index (χ1n) is 5.49. The largest absolute Gasteiger partial charge is 0.493 e. The summed E-state index contributed by atoms with van der Waals surface area (Å²) in [5, 5.41) is 11.2. The van der Waals surface area contributed by atoms with Gasteiger partial charge in [0.25, 0.3) is 0 Å². The van der Waals surface area contributed by atoms with E-state index in [0.717, 1.165) is 18.4 Å². The van der Waals surface area contributed by atoms with Crippen LogP contribution in [0.3, 0.4) is 0 Å². The Hall–Kier alpha value is -1.78. The third-order valence-corrected chi connectivity index (χ3v) is 2.36. The Balaban J connectivity index is 2.29. The van der Waals surface area contributed by atoms with Gasteiger partial charge in [-0.1, -0.05) is 11.2 Å². The first-order valence-corrected chi connectivity index (χ1v) is 5.49. The summed E-state index contributed by atoms with van der Waals surface area (Å²) in [6.07, 6.45) is 2.07. The van der Waals surface area contributed by atoms with Gasteiger partial charge in [0, 0.05) is 12.5 Å². The van der Waals surface area contributed by atoms with Crippen LogP contribution in [0.15, 0.2) is 23.4 Å². The summed E-state index contributed by atoms with van der Waals surface area (Å²) >= 11 is 0. The highest BCUT2D eigenvalue weighted by Crippen LogP contribution is 2.18. The predicted molar refractivity (Wildman–Crippen MR) is 63.9 cm³/mol. The molecular weight excluding hydrogens is 223 g/mol. The van der Waals surface area contributed by atoms with E-state index in [1.165, 1.54) is 12.1 Å². The van der Waals surface area contributed by atoms with Gasteiger partial charge >= 0.3 is 0 Å². The highest BCUT2D eigenvalue weighted by Gasteiger charge is 2.01. The molecule has 4 nitrogen and oxygen atoms in total. The van der Waals surface area contributed by atoms with Crippen LogP contribution in [0.25, 0.3) is 0 Å². The second-order valence-electron chi connectivity index (χ2n) is 3.81. The third-order valence-electron chi connectivity index (χ3n) is 2.36. The van der Waals surface area contributed by atoms with Crippen molar-refractivity contribution in [2.24, 2.45) is 10.9 Å². The standard InChI is InChI=1S/C12H17FN2O2/c1-9-5-6-10(13)8-11(9)17-7-3-2-4-12(14)15-16/h5-6,8,16H,2-4,7H2,1H3,(H2,14,15). The van der Waals surface area contributed by atoms with E-state index >= 15 is 0 Å². The lowest BCUT2D eigenvalue weighted by Gasteiger charge is -2.08. The van der Waals surface area contributed by atoms with Crippen LogP contribution >= 0.6 is 0 Å². The topological polar surface area (TPSA) is 67.8 Å². The number of aryl methyl sites for hydroxylation is 1. The van der Waals surface area contributed by atoms with E-state index in [4.69, 9.17) is 15.7 Å². The summed E-state index contributed by atoms with van der Waals surface area (Å²) < 4.78 is 18.4. The molecule has 0 saturated carbocycles. The van der Waals surface area contributed by atoms with Gasteiger partial charge in [0.2, 0.25) is 0 Å². The average Bonchev–Trinajstić information content (AvgIpc) is 2.32. The van der Waals surface area contributed by atoms with Crippen LogP contribution in [0.4, 0.5) is 4.39 Å². The van der Waals surface area contributed by atoms with Crippen LogP contribution in [0.1, 0.15) is 24.8 Å². The molecule has 0 aliphatic heterocycles. The van der Waals surface area contributed by atoms with Crippen molar-refractivity contribution < 1.29 is 14.3 Å². The first kappa shape index (κ1) is 13.3. The summed E-state index contributed by atoms with van der Waals surface area (Å²) in [6.45, 7) is 2.36. The molecule has 0 saturated heterocycles. The van der Waals surface area contributed by atoms with Gasteiger partial charge in [0.05, 0.1) is 6.61 Å². The fraction of sp³-hybridized carbons (Fsp3) is 0.417. The molecule has 0 bridgehead atoms. The number of ether oxygens (including phenoxy) is 1. The molecule has 0 amide bonds. The highest BCUT2D eigenvalue weighted by molar-refractivity contribution is 5.79. The van der Waals surface area contributed by atoms with Gasteiger partial charge in [0.15, 0.2) is 0 Å². The minimum absolute atomic E-state index is 0.215. The molecule has 0 atom stereocenters. The van der Waals surface area contributed by atoms with Crippen molar-refractivity contribution in [3.8, 4) is 5.75 Å². The summed E-state index contributed by atoms with van der Waals surface area (Å²) in [6, 6.07) is 4.46. The Bertz CT molecular complexity index is 394. The van der Waals surface area contributed by atoms with E-state index in [1.54, 1.807) is 6.07 Å². The lowest BCUT2D eigenvalue weighted by Crippen LogP contribution is -2.11. The molecule has 1 aromatic rings. The molecule has 3 N–H and O–H groups in total. The number of unbranched alkanes of at least 4 members (excludes halogenated alkanes) is 1. The second-order valence-corrected chi connectivity index (χ2v) is 3.81. The minimum Gasteiger partial charge on any atom is -0.493 e. The van der Waals surface area contributed by atoms with Gasteiger partial charge in [0.1, 0.15) is 17.4 Å². The normalized spacial score (nSPS) is 11.5. The second kappa shape index (κ2) is 6.73. The monoisotopic (exact) mass is 240 g/mol. The fourth-order valence-corrected chi connectivity index (χ4v) is 1.37. The van der Waals surface area contributed by atoms with Crippen LogP contribution in [-0.2, 0) is 0 Å². The Labute approximate surface area is 99.9 Å². The molecule has 0 radical (unpaired) electrons. The van der Waals surface area contributed by atoms with Crippen molar-refractivity contribution in [2.75, 3.05) is 6.61 Å². The minimum atomic E-state index is -0.303. The summed E-state index contributed by atoms with van der Waals surface area (Å²) in [5.74, 6) is 0.475. The van der Waals surface area contributed by atoms with Crippen molar-refractivity contribution in [2.45, 2.75) is 26.2 Å². The lowest BCUT2D eigenvalue weighted by atomic mass is 10.2. The Morgan fingerprint density at radius 2 is 2.24 bits per heavy atom. The molecule has 0 aromatic heterocycles. The van der Waals surface area contributed by atoms with Gasteiger partial charge in [-0.15, -0.1) is 0 Å². The molecule has 0 spiro atoms. The number of halogens is 1. The molecule has 0 unspecified atom stereocenters. The molecule has 1 aromatic carbocycles. The van der Waals surface area contributed by atoms with Crippen molar-refractivity contribution in [1.82, 2.24) is 0 Å². The maximum absolute atomic E-state index is 12.9. The van der Waals surface area contributed by atoms with Crippen LogP contribution < -0.4 is 10.5 Å².